The molecule has 0 spiro atoms. The van der Waals surface area contributed by atoms with E-state index in [0.29, 0.717) is 13.2 Å². The summed E-state index contributed by atoms with van der Waals surface area (Å²) in [5.41, 5.74) is 2.86. The van der Waals surface area contributed by atoms with Crippen molar-refractivity contribution < 1.29 is 9.53 Å². The quantitative estimate of drug-likeness (QED) is 0.829. The predicted octanol–water partition coefficient (Wildman–Crippen LogP) is 2.52. The largest absolute Gasteiger partial charge is 0.461 e. The molecule has 1 aromatic carbocycles. The number of hydrogen-bond acceptors (Lipinski definition) is 4. The van der Waals surface area contributed by atoms with Crippen molar-refractivity contribution in [1.29, 1.82) is 0 Å². The molecule has 112 valence electrons. The zero-order chi connectivity index (χ0) is 15.2. The molecule has 1 heterocycles. The molecular weight excluding hydrogens is 266 g/mol. The van der Waals surface area contributed by atoms with Crippen molar-refractivity contribution >= 4 is 11.7 Å². The minimum atomic E-state index is -0.215. The summed E-state index contributed by atoms with van der Waals surface area (Å²) in [5.74, 6) is -0.416. The van der Waals surface area contributed by atoms with E-state index in [-0.39, 0.29) is 11.9 Å². The highest BCUT2D eigenvalue weighted by Crippen LogP contribution is 2.13. The number of rotatable bonds is 6. The van der Waals surface area contributed by atoms with Gasteiger partial charge in [-0.3, -0.25) is 9.48 Å². The second-order valence-electron chi connectivity index (χ2n) is 5.18. The Labute approximate surface area is 124 Å². The molecule has 21 heavy (non-hydrogen) atoms. The molecule has 0 aliphatic carbocycles. The molecule has 1 atom stereocenters. The first-order valence-corrected chi connectivity index (χ1v) is 7.01. The Bertz CT molecular complexity index is 593. The van der Waals surface area contributed by atoms with Gasteiger partial charge in [0.05, 0.1) is 17.3 Å². The second-order valence-corrected chi connectivity index (χ2v) is 5.18. The van der Waals surface area contributed by atoms with Gasteiger partial charge in [-0.1, -0.05) is 37.3 Å². The van der Waals surface area contributed by atoms with Crippen molar-refractivity contribution in [2.45, 2.75) is 20.5 Å². The van der Waals surface area contributed by atoms with Crippen LogP contribution in [0.5, 0.6) is 0 Å². The van der Waals surface area contributed by atoms with Gasteiger partial charge in [0.25, 0.3) is 0 Å². The summed E-state index contributed by atoms with van der Waals surface area (Å²) in [4.78, 5) is 11.9. The van der Waals surface area contributed by atoms with E-state index in [2.05, 4.69) is 10.4 Å². The lowest BCUT2D eigenvalue weighted by molar-refractivity contribution is -0.148. The minimum absolute atomic E-state index is 0.201. The highest BCUT2D eigenvalue weighted by atomic mass is 16.5. The van der Waals surface area contributed by atoms with Crippen molar-refractivity contribution in [1.82, 2.24) is 9.78 Å². The van der Waals surface area contributed by atoms with Crippen LogP contribution in [0.3, 0.4) is 0 Å². The number of carbonyl (C=O) groups excluding carboxylic acids is 1. The summed E-state index contributed by atoms with van der Waals surface area (Å²) in [5, 5.41) is 7.48. The summed E-state index contributed by atoms with van der Waals surface area (Å²) in [6.45, 7) is 4.63. The minimum Gasteiger partial charge on any atom is -0.461 e. The van der Waals surface area contributed by atoms with Crippen molar-refractivity contribution in [3.05, 3.63) is 47.8 Å². The average Bonchev–Trinajstić information content (AvgIpc) is 2.81. The first-order valence-electron chi connectivity index (χ1n) is 7.01. The molecule has 2 rings (SSSR count). The van der Waals surface area contributed by atoms with Crippen LogP contribution in [0.25, 0.3) is 0 Å². The van der Waals surface area contributed by atoms with Crippen molar-refractivity contribution in [3.63, 3.8) is 0 Å². The van der Waals surface area contributed by atoms with E-state index < -0.39 is 0 Å². The maximum atomic E-state index is 11.9. The Balaban J connectivity index is 1.78. The van der Waals surface area contributed by atoms with E-state index in [4.69, 9.17) is 4.74 Å². The van der Waals surface area contributed by atoms with E-state index >= 15 is 0 Å². The van der Waals surface area contributed by atoms with Crippen molar-refractivity contribution in [3.8, 4) is 0 Å². The number of aryl methyl sites for hydroxylation is 2. The standard InChI is InChI=1S/C16H21N3O2/c1-12(9-17-15-10-19(3)18-13(15)2)16(20)21-11-14-7-5-4-6-8-14/h4-8,10,12,17H,9,11H2,1-3H3. The molecule has 5 nitrogen and oxygen atoms in total. The van der Waals surface area contributed by atoms with Crippen LogP contribution in [0.1, 0.15) is 18.2 Å². The number of nitrogens with zero attached hydrogens (tertiary/aromatic N) is 2. The third kappa shape index (κ3) is 4.34. The van der Waals surface area contributed by atoms with Crippen LogP contribution in [-0.4, -0.2) is 22.3 Å². The average molecular weight is 287 g/mol. The lowest BCUT2D eigenvalue weighted by atomic mass is 10.2. The first kappa shape index (κ1) is 15.1. The zero-order valence-corrected chi connectivity index (χ0v) is 12.7. The SMILES string of the molecule is Cc1nn(C)cc1NCC(C)C(=O)OCc1ccccc1. The number of esters is 1. The molecule has 1 aromatic heterocycles. The summed E-state index contributed by atoms with van der Waals surface area (Å²) in [6, 6.07) is 9.68. The molecular formula is C16H21N3O2. The third-order valence-corrected chi connectivity index (χ3v) is 3.24. The molecule has 0 radical (unpaired) electrons. The summed E-state index contributed by atoms with van der Waals surface area (Å²) >= 11 is 0. The maximum Gasteiger partial charge on any atom is 0.310 e. The molecule has 0 fully saturated rings. The van der Waals surface area contributed by atoms with Crippen LogP contribution >= 0.6 is 0 Å². The predicted molar refractivity (Wildman–Crippen MR) is 81.8 cm³/mol. The first-order chi connectivity index (χ1) is 10.1. The summed E-state index contributed by atoms with van der Waals surface area (Å²) in [7, 11) is 1.87. The fraction of sp³-hybridized carbons (Fsp3) is 0.375. The van der Waals surface area contributed by atoms with Crippen LogP contribution in [0.4, 0.5) is 5.69 Å². The van der Waals surface area contributed by atoms with Gasteiger partial charge >= 0.3 is 5.97 Å². The Kier molecular flexibility index (Phi) is 4.98. The van der Waals surface area contributed by atoms with Crippen LogP contribution < -0.4 is 5.32 Å². The van der Waals surface area contributed by atoms with Crippen molar-refractivity contribution in [2.24, 2.45) is 13.0 Å². The third-order valence-electron chi connectivity index (χ3n) is 3.24. The fourth-order valence-corrected chi connectivity index (χ4v) is 1.99. The lowest BCUT2D eigenvalue weighted by Crippen LogP contribution is -2.22. The monoisotopic (exact) mass is 287 g/mol. The van der Waals surface area contributed by atoms with E-state index in [9.17, 15) is 4.79 Å². The number of benzene rings is 1. The second kappa shape index (κ2) is 6.92. The van der Waals surface area contributed by atoms with Gasteiger partial charge in [-0.05, 0) is 12.5 Å². The van der Waals surface area contributed by atoms with Crippen LogP contribution in [0.15, 0.2) is 36.5 Å². The normalized spacial score (nSPS) is 12.0. The van der Waals surface area contributed by atoms with Gasteiger partial charge in [-0.15, -0.1) is 0 Å². The van der Waals surface area contributed by atoms with Gasteiger partial charge in [0.2, 0.25) is 0 Å². The van der Waals surface area contributed by atoms with Crippen LogP contribution in [0, 0.1) is 12.8 Å². The highest BCUT2D eigenvalue weighted by Gasteiger charge is 2.15. The van der Waals surface area contributed by atoms with Gasteiger partial charge in [-0.2, -0.15) is 5.10 Å². The molecule has 0 aliphatic rings. The smallest absolute Gasteiger partial charge is 0.310 e. The highest BCUT2D eigenvalue weighted by molar-refractivity contribution is 5.72. The van der Waals surface area contributed by atoms with Gasteiger partial charge in [0.15, 0.2) is 0 Å². The number of anilines is 1. The number of hydrogen-bond donors (Lipinski definition) is 1. The number of carbonyl (C=O) groups is 1. The number of ether oxygens (including phenoxy) is 1. The Morgan fingerprint density at radius 3 is 2.71 bits per heavy atom. The van der Waals surface area contributed by atoms with Crippen LogP contribution in [0.2, 0.25) is 0 Å². The zero-order valence-electron chi connectivity index (χ0n) is 12.7. The van der Waals surface area contributed by atoms with E-state index in [1.54, 1.807) is 4.68 Å². The summed E-state index contributed by atoms with van der Waals surface area (Å²) in [6.07, 6.45) is 1.90. The van der Waals surface area contributed by atoms with E-state index in [1.165, 1.54) is 0 Å². The molecule has 1 unspecified atom stereocenters. The lowest BCUT2D eigenvalue weighted by Gasteiger charge is -2.12. The Hall–Kier alpha value is -2.30. The maximum absolute atomic E-state index is 11.9. The molecule has 0 aliphatic heterocycles. The number of aromatic nitrogens is 2. The Morgan fingerprint density at radius 1 is 1.38 bits per heavy atom. The fourth-order valence-electron chi connectivity index (χ4n) is 1.99. The van der Waals surface area contributed by atoms with Gasteiger partial charge in [-0.25, -0.2) is 0 Å². The molecule has 2 aromatic rings. The van der Waals surface area contributed by atoms with Gasteiger partial charge in [0.1, 0.15) is 6.61 Å². The van der Waals surface area contributed by atoms with Crippen LogP contribution in [-0.2, 0) is 23.2 Å². The van der Waals surface area contributed by atoms with Gasteiger partial charge in [0, 0.05) is 19.8 Å². The molecule has 1 N–H and O–H groups in total. The molecule has 0 amide bonds. The van der Waals surface area contributed by atoms with E-state index in [1.807, 2.05) is 57.4 Å². The topological polar surface area (TPSA) is 56.2 Å². The Morgan fingerprint density at radius 2 is 2.10 bits per heavy atom. The molecule has 0 saturated heterocycles. The summed E-state index contributed by atoms with van der Waals surface area (Å²) < 4.78 is 7.06. The van der Waals surface area contributed by atoms with Crippen molar-refractivity contribution in [2.75, 3.05) is 11.9 Å². The molecule has 5 heteroatoms. The van der Waals surface area contributed by atoms with E-state index in [0.717, 1.165) is 16.9 Å². The molecule has 0 bridgehead atoms. The number of nitrogens with one attached hydrogen (secondary N) is 1. The van der Waals surface area contributed by atoms with Gasteiger partial charge < -0.3 is 10.1 Å². The molecule has 0 saturated carbocycles.